The highest BCUT2D eigenvalue weighted by atomic mass is 19.1. The number of nitrogens with zero attached hydrogens (tertiary/aromatic N) is 1. The first-order chi connectivity index (χ1) is 13.6. The Labute approximate surface area is 161 Å². The summed E-state index contributed by atoms with van der Waals surface area (Å²) in [5, 5.41) is 0. The second-order valence-electron chi connectivity index (χ2n) is 7.21. The average Bonchev–Trinajstić information content (AvgIpc) is 3.16. The normalized spacial score (nSPS) is 21.2. The standard InChI is InChI=1S/C22H18FNO4/c23-14-5-7-15(8-6-14)24-17-2-1-3-18(25)22(17)16(11-21(24)26)13-4-9-19-20(10-13)28-12-27-19/h4-10,16H,1-3,11-12H2. The topological polar surface area (TPSA) is 55.8 Å². The maximum Gasteiger partial charge on any atom is 0.232 e. The van der Waals surface area contributed by atoms with E-state index in [-0.39, 0.29) is 36.6 Å². The number of benzene rings is 2. The number of carbonyl (C=O) groups is 2. The summed E-state index contributed by atoms with van der Waals surface area (Å²) in [4.78, 5) is 27.6. The molecule has 1 atom stereocenters. The largest absolute Gasteiger partial charge is 0.454 e. The zero-order chi connectivity index (χ0) is 19.3. The summed E-state index contributed by atoms with van der Waals surface area (Å²) in [6.07, 6.45) is 2.01. The van der Waals surface area contributed by atoms with E-state index < -0.39 is 0 Å². The minimum absolute atomic E-state index is 0.0727. The third-order valence-electron chi connectivity index (χ3n) is 5.56. The molecule has 2 aromatic rings. The summed E-state index contributed by atoms with van der Waals surface area (Å²) >= 11 is 0. The monoisotopic (exact) mass is 379 g/mol. The van der Waals surface area contributed by atoms with Crippen molar-refractivity contribution >= 4 is 17.4 Å². The van der Waals surface area contributed by atoms with E-state index in [1.807, 2.05) is 18.2 Å². The van der Waals surface area contributed by atoms with Crippen molar-refractivity contribution in [2.24, 2.45) is 0 Å². The van der Waals surface area contributed by atoms with Crippen LogP contribution in [0.2, 0.25) is 0 Å². The van der Waals surface area contributed by atoms with Gasteiger partial charge in [0, 0.05) is 35.7 Å². The number of allylic oxidation sites excluding steroid dienone is 2. The van der Waals surface area contributed by atoms with Crippen LogP contribution in [0.3, 0.4) is 0 Å². The number of fused-ring (bicyclic) bond motifs is 1. The van der Waals surface area contributed by atoms with Gasteiger partial charge in [-0.25, -0.2) is 4.39 Å². The van der Waals surface area contributed by atoms with Crippen LogP contribution in [0.15, 0.2) is 53.7 Å². The molecule has 6 heteroatoms. The summed E-state index contributed by atoms with van der Waals surface area (Å²) in [5.74, 6) is 0.618. The molecule has 0 N–H and O–H groups in total. The molecule has 1 unspecified atom stereocenters. The van der Waals surface area contributed by atoms with E-state index >= 15 is 0 Å². The minimum Gasteiger partial charge on any atom is -0.454 e. The van der Waals surface area contributed by atoms with E-state index in [2.05, 4.69) is 0 Å². The number of amides is 1. The second-order valence-corrected chi connectivity index (χ2v) is 7.21. The van der Waals surface area contributed by atoms with Crippen LogP contribution >= 0.6 is 0 Å². The lowest BCUT2D eigenvalue weighted by Gasteiger charge is -2.38. The number of halogens is 1. The van der Waals surface area contributed by atoms with E-state index in [0.29, 0.717) is 42.0 Å². The summed E-state index contributed by atoms with van der Waals surface area (Å²) in [6, 6.07) is 11.4. The molecule has 0 radical (unpaired) electrons. The number of Topliss-reactive ketones (excluding diaryl/α,β-unsaturated/α-hetero) is 1. The molecule has 0 aromatic heterocycles. The van der Waals surface area contributed by atoms with E-state index in [4.69, 9.17) is 9.47 Å². The number of carbonyl (C=O) groups excluding carboxylic acids is 2. The van der Waals surface area contributed by atoms with Gasteiger partial charge in [0.25, 0.3) is 0 Å². The van der Waals surface area contributed by atoms with Gasteiger partial charge in [-0.05, 0) is 54.8 Å². The molecule has 2 aromatic carbocycles. The molecule has 1 aliphatic carbocycles. The van der Waals surface area contributed by atoms with Crippen molar-refractivity contribution in [3.05, 3.63) is 65.1 Å². The second kappa shape index (κ2) is 6.48. The molecule has 0 saturated carbocycles. The van der Waals surface area contributed by atoms with E-state index in [0.717, 1.165) is 11.3 Å². The Balaban J connectivity index is 1.62. The fourth-order valence-corrected chi connectivity index (χ4v) is 4.30. The maximum atomic E-state index is 13.3. The molecular weight excluding hydrogens is 361 g/mol. The van der Waals surface area contributed by atoms with Crippen molar-refractivity contribution in [1.29, 1.82) is 0 Å². The van der Waals surface area contributed by atoms with Crippen LogP contribution in [-0.4, -0.2) is 18.5 Å². The highest BCUT2D eigenvalue weighted by Gasteiger charge is 2.40. The molecule has 142 valence electrons. The predicted molar refractivity (Wildman–Crippen MR) is 99.7 cm³/mol. The van der Waals surface area contributed by atoms with Crippen molar-refractivity contribution in [3.8, 4) is 11.5 Å². The first kappa shape index (κ1) is 17.0. The number of hydrogen-bond donors (Lipinski definition) is 0. The van der Waals surface area contributed by atoms with Gasteiger partial charge in [0.1, 0.15) is 5.82 Å². The average molecular weight is 379 g/mol. The quantitative estimate of drug-likeness (QED) is 0.789. The Bertz CT molecular complexity index is 1010. The zero-order valence-corrected chi connectivity index (χ0v) is 15.1. The van der Waals surface area contributed by atoms with Gasteiger partial charge in [0.2, 0.25) is 12.7 Å². The molecule has 1 amide bonds. The SMILES string of the molecule is O=C1CCCC2=C1C(c1ccc3c(c1)OCO3)CC(=O)N2c1ccc(F)cc1. The van der Waals surface area contributed by atoms with Crippen LogP contribution < -0.4 is 14.4 Å². The third-order valence-corrected chi connectivity index (χ3v) is 5.56. The van der Waals surface area contributed by atoms with Crippen molar-refractivity contribution in [1.82, 2.24) is 0 Å². The van der Waals surface area contributed by atoms with Crippen LogP contribution in [0.5, 0.6) is 11.5 Å². The molecule has 0 spiro atoms. The summed E-state index contributed by atoms with van der Waals surface area (Å²) in [5.41, 5.74) is 2.90. The van der Waals surface area contributed by atoms with Gasteiger partial charge in [-0.2, -0.15) is 0 Å². The van der Waals surface area contributed by atoms with Crippen molar-refractivity contribution < 1.29 is 23.5 Å². The van der Waals surface area contributed by atoms with Gasteiger partial charge in [0.05, 0.1) is 0 Å². The van der Waals surface area contributed by atoms with Crippen LogP contribution in [0, 0.1) is 5.82 Å². The lowest BCUT2D eigenvalue weighted by atomic mass is 9.77. The number of ketones is 1. The van der Waals surface area contributed by atoms with Gasteiger partial charge in [-0.15, -0.1) is 0 Å². The fourth-order valence-electron chi connectivity index (χ4n) is 4.30. The van der Waals surface area contributed by atoms with Gasteiger partial charge < -0.3 is 9.47 Å². The Morgan fingerprint density at radius 2 is 1.75 bits per heavy atom. The molecule has 28 heavy (non-hydrogen) atoms. The molecule has 3 aliphatic rings. The van der Waals surface area contributed by atoms with Gasteiger partial charge >= 0.3 is 0 Å². The number of rotatable bonds is 2. The Morgan fingerprint density at radius 3 is 2.57 bits per heavy atom. The van der Waals surface area contributed by atoms with E-state index in [1.165, 1.54) is 12.1 Å². The lowest BCUT2D eigenvalue weighted by Crippen LogP contribution is -2.40. The van der Waals surface area contributed by atoms with Gasteiger partial charge in [0.15, 0.2) is 17.3 Å². The summed E-state index contributed by atoms with van der Waals surface area (Å²) < 4.78 is 24.2. The third kappa shape index (κ3) is 2.68. The van der Waals surface area contributed by atoms with Crippen molar-refractivity contribution in [2.75, 3.05) is 11.7 Å². The van der Waals surface area contributed by atoms with Crippen LogP contribution in [0.4, 0.5) is 10.1 Å². The lowest BCUT2D eigenvalue weighted by molar-refractivity contribution is -0.119. The highest BCUT2D eigenvalue weighted by Crippen LogP contribution is 2.45. The first-order valence-corrected chi connectivity index (χ1v) is 9.36. The first-order valence-electron chi connectivity index (χ1n) is 9.36. The Morgan fingerprint density at radius 1 is 0.964 bits per heavy atom. The molecule has 2 aliphatic heterocycles. The fraction of sp³-hybridized carbons (Fsp3) is 0.273. The van der Waals surface area contributed by atoms with Gasteiger partial charge in [-0.1, -0.05) is 6.07 Å². The predicted octanol–water partition coefficient (Wildman–Crippen LogP) is 4.08. The smallest absolute Gasteiger partial charge is 0.232 e. The van der Waals surface area contributed by atoms with Crippen molar-refractivity contribution in [3.63, 3.8) is 0 Å². The van der Waals surface area contributed by atoms with Crippen LogP contribution in [0.1, 0.15) is 37.2 Å². The molecule has 5 nitrogen and oxygen atoms in total. The zero-order valence-electron chi connectivity index (χ0n) is 15.1. The summed E-state index contributed by atoms with van der Waals surface area (Å²) in [7, 11) is 0. The molecular formula is C22H18FNO4. The minimum atomic E-state index is -0.361. The van der Waals surface area contributed by atoms with Crippen LogP contribution in [0.25, 0.3) is 0 Å². The van der Waals surface area contributed by atoms with E-state index in [1.54, 1.807) is 17.0 Å². The molecule has 5 rings (SSSR count). The van der Waals surface area contributed by atoms with Crippen molar-refractivity contribution in [2.45, 2.75) is 31.6 Å². The number of ether oxygens (including phenoxy) is 2. The molecule has 0 bridgehead atoms. The highest BCUT2D eigenvalue weighted by molar-refractivity contribution is 6.07. The Kier molecular flexibility index (Phi) is 3.93. The Hall–Kier alpha value is -3.15. The van der Waals surface area contributed by atoms with Crippen LogP contribution in [-0.2, 0) is 9.59 Å². The maximum absolute atomic E-state index is 13.3. The molecule has 0 saturated heterocycles. The summed E-state index contributed by atoms with van der Waals surface area (Å²) in [6.45, 7) is 0.174. The van der Waals surface area contributed by atoms with E-state index in [9.17, 15) is 14.0 Å². The molecule has 2 heterocycles. The van der Waals surface area contributed by atoms with Gasteiger partial charge in [-0.3, -0.25) is 14.5 Å². The molecule has 0 fully saturated rings. The number of anilines is 1. The number of hydrogen-bond acceptors (Lipinski definition) is 4.